The van der Waals surface area contributed by atoms with Crippen LogP contribution in [0.3, 0.4) is 0 Å². The van der Waals surface area contributed by atoms with Crippen molar-refractivity contribution in [1.29, 1.82) is 0 Å². The van der Waals surface area contributed by atoms with E-state index in [1.165, 1.54) is 26.4 Å². The second-order valence-electron chi connectivity index (χ2n) is 5.25. The van der Waals surface area contributed by atoms with Crippen molar-refractivity contribution in [3.8, 4) is 11.5 Å². The quantitative estimate of drug-likeness (QED) is 0.774. The fourth-order valence-corrected chi connectivity index (χ4v) is 2.47. The Balaban J connectivity index is 1.88. The number of benzene rings is 2. The van der Waals surface area contributed by atoms with Crippen LogP contribution in [-0.4, -0.2) is 32.6 Å². The number of carbonyl (C=O) groups excluding carboxylic acids is 2. The monoisotopic (exact) mass is 380 g/mol. The molecule has 2 aromatic carbocycles. The van der Waals surface area contributed by atoms with Gasteiger partial charge >= 0.3 is 0 Å². The molecule has 0 unspecified atom stereocenters. The second-order valence-corrected chi connectivity index (χ2v) is 5.65. The lowest BCUT2D eigenvalue weighted by Crippen LogP contribution is -2.37. The molecule has 0 spiro atoms. The van der Waals surface area contributed by atoms with Crippen LogP contribution in [0.4, 0.5) is 4.39 Å². The third-order valence-electron chi connectivity index (χ3n) is 3.54. The lowest BCUT2D eigenvalue weighted by atomic mass is 10.2. The lowest BCUT2D eigenvalue weighted by molar-refractivity contribution is -0.120. The number of carbonyl (C=O) groups is 2. The van der Waals surface area contributed by atoms with Gasteiger partial charge in [-0.15, -0.1) is 0 Å². The topological polar surface area (TPSA) is 76.7 Å². The van der Waals surface area contributed by atoms with Crippen LogP contribution in [-0.2, 0) is 11.3 Å². The summed E-state index contributed by atoms with van der Waals surface area (Å²) < 4.78 is 24.0. The lowest BCUT2D eigenvalue weighted by Gasteiger charge is -2.11. The van der Waals surface area contributed by atoms with Gasteiger partial charge < -0.3 is 20.1 Å². The van der Waals surface area contributed by atoms with Crippen LogP contribution in [0.25, 0.3) is 0 Å². The molecule has 2 amide bonds. The number of methoxy groups -OCH3 is 2. The zero-order valence-electron chi connectivity index (χ0n) is 14.3. The zero-order valence-corrected chi connectivity index (χ0v) is 15.0. The van der Waals surface area contributed by atoms with Gasteiger partial charge in [0.15, 0.2) is 11.5 Å². The molecule has 0 radical (unpaired) electrons. The van der Waals surface area contributed by atoms with Crippen LogP contribution in [0.15, 0.2) is 36.4 Å². The van der Waals surface area contributed by atoms with E-state index in [4.69, 9.17) is 21.1 Å². The van der Waals surface area contributed by atoms with Gasteiger partial charge in [0.1, 0.15) is 5.82 Å². The molecule has 0 atom stereocenters. The number of amides is 2. The first-order chi connectivity index (χ1) is 12.5. The van der Waals surface area contributed by atoms with E-state index in [2.05, 4.69) is 10.6 Å². The first-order valence-electron chi connectivity index (χ1n) is 7.66. The Morgan fingerprint density at radius 2 is 1.81 bits per heavy atom. The van der Waals surface area contributed by atoms with Crippen LogP contribution in [0.1, 0.15) is 15.9 Å². The molecule has 2 aromatic rings. The smallest absolute Gasteiger partial charge is 0.256 e. The fraction of sp³-hybridized carbons (Fsp3) is 0.222. The SMILES string of the molecule is COc1ccc(CNC(=O)CNC(=O)c2c(F)cccc2Cl)cc1OC. The van der Waals surface area contributed by atoms with Crippen molar-refractivity contribution < 1.29 is 23.5 Å². The van der Waals surface area contributed by atoms with E-state index >= 15 is 0 Å². The van der Waals surface area contributed by atoms with E-state index in [0.717, 1.165) is 11.6 Å². The maximum Gasteiger partial charge on any atom is 0.256 e. The van der Waals surface area contributed by atoms with Crippen LogP contribution in [0.5, 0.6) is 11.5 Å². The highest BCUT2D eigenvalue weighted by molar-refractivity contribution is 6.33. The van der Waals surface area contributed by atoms with Crippen molar-refractivity contribution in [2.75, 3.05) is 20.8 Å². The first-order valence-corrected chi connectivity index (χ1v) is 8.04. The van der Waals surface area contributed by atoms with Gasteiger partial charge in [0, 0.05) is 6.54 Å². The molecule has 0 heterocycles. The minimum Gasteiger partial charge on any atom is -0.493 e. The molecule has 0 aliphatic rings. The molecule has 2 rings (SSSR count). The van der Waals surface area contributed by atoms with Gasteiger partial charge in [0.2, 0.25) is 5.91 Å². The van der Waals surface area contributed by atoms with Crippen LogP contribution < -0.4 is 20.1 Å². The summed E-state index contributed by atoms with van der Waals surface area (Å²) >= 11 is 5.81. The summed E-state index contributed by atoms with van der Waals surface area (Å²) in [6.07, 6.45) is 0. The molecule has 0 fully saturated rings. The highest BCUT2D eigenvalue weighted by Crippen LogP contribution is 2.27. The van der Waals surface area contributed by atoms with Gasteiger partial charge in [-0.2, -0.15) is 0 Å². The van der Waals surface area contributed by atoms with Gasteiger partial charge in [-0.3, -0.25) is 9.59 Å². The molecule has 0 aliphatic heterocycles. The summed E-state index contributed by atoms with van der Waals surface area (Å²) in [4.78, 5) is 23.9. The Kier molecular flexibility index (Phi) is 6.80. The van der Waals surface area contributed by atoms with E-state index < -0.39 is 17.6 Å². The molecule has 138 valence electrons. The third-order valence-corrected chi connectivity index (χ3v) is 3.85. The molecule has 0 aromatic heterocycles. The van der Waals surface area contributed by atoms with Gasteiger partial charge in [0.05, 0.1) is 31.4 Å². The summed E-state index contributed by atoms with van der Waals surface area (Å²) in [5.74, 6) is -0.811. The van der Waals surface area contributed by atoms with Crippen molar-refractivity contribution >= 4 is 23.4 Å². The Labute approximate surface area is 155 Å². The van der Waals surface area contributed by atoms with Crippen molar-refractivity contribution in [1.82, 2.24) is 10.6 Å². The van der Waals surface area contributed by atoms with Gasteiger partial charge in [-0.1, -0.05) is 23.7 Å². The number of hydrogen-bond acceptors (Lipinski definition) is 4. The average molecular weight is 381 g/mol. The molecular formula is C18H18ClFN2O4. The van der Waals surface area contributed by atoms with E-state index in [0.29, 0.717) is 11.5 Å². The molecule has 0 bridgehead atoms. The largest absolute Gasteiger partial charge is 0.493 e. The summed E-state index contributed by atoms with van der Waals surface area (Å²) in [5.41, 5.74) is 0.501. The number of ether oxygens (including phenoxy) is 2. The maximum atomic E-state index is 13.7. The van der Waals surface area contributed by atoms with Crippen molar-refractivity contribution in [3.05, 3.63) is 58.4 Å². The molecule has 0 saturated carbocycles. The Morgan fingerprint density at radius 1 is 1.08 bits per heavy atom. The van der Waals surface area contributed by atoms with E-state index in [1.54, 1.807) is 18.2 Å². The third kappa shape index (κ3) is 4.86. The number of rotatable bonds is 7. The molecule has 6 nitrogen and oxygen atoms in total. The number of hydrogen-bond donors (Lipinski definition) is 2. The number of halogens is 2. The molecule has 2 N–H and O–H groups in total. The first kappa shape index (κ1) is 19.5. The standard InChI is InChI=1S/C18H18ClFN2O4/c1-25-14-7-6-11(8-15(14)26-2)9-21-16(23)10-22-18(24)17-12(19)4-3-5-13(17)20/h3-8H,9-10H2,1-2H3,(H,21,23)(H,22,24). The van der Waals surface area contributed by atoms with Crippen molar-refractivity contribution in [2.24, 2.45) is 0 Å². The van der Waals surface area contributed by atoms with Crippen LogP contribution in [0, 0.1) is 5.82 Å². The van der Waals surface area contributed by atoms with E-state index in [1.807, 2.05) is 0 Å². The molecule has 8 heteroatoms. The van der Waals surface area contributed by atoms with Gasteiger partial charge in [0.25, 0.3) is 5.91 Å². The predicted octanol–water partition coefficient (Wildman–Crippen LogP) is 2.54. The normalized spacial score (nSPS) is 10.2. The molecule has 26 heavy (non-hydrogen) atoms. The van der Waals surface area contributed by atoms with Crippen LogP contribution >= 0.6 is 11.6 Å². The Hall–Kier alpha value is -2.80. The molecular weight excluding hydrogens is 363 g/mol. The highest BCUT2D eigenvalue weighted by Gasteiger charge is 2.16. The minimum atomic E-state index is -0.755. The fourth-order valence-electron chi connectivity index (χ4n) is 2.22. The van der Waals surface area contributed by atoms with Gasteiger partial charge in [-0.05, 0) is 29.8 Å². The summed E-state index contributed by atoms with van der Waals surface area (Å²) in [6, 6.07) is 9.15. The van der Waals surface area contributed by atoms with Gasteiger partial charge in [-0.25, -0.2) is 4.39 Å². The highest BCUT2D eigenvalue weighted by atomic mass is 35.5. The predicted molar refractivity (Wildman–Crippen MR) is 95.1 cm³/mol. The van der Waals surface area contributed by atoms with Crippen molar-refractivity contribution in [3.63, 3.8) is 0 Å². The van der Waals surface area contributed by atoms with Crippen LogP contribution in [0.2, 0.25) is 5.02 Å². The minimum absolute atomic E-state index is 0.0202. The maximum absolute atomic E-state index is 13.7. The average Bonchev–Trinajstić information content (AvgIpc) is 2.64. The molecule has 0 aliphatic carbocycles. The summed E-state index contributed by atoms with van der Waals surface area (Å²) in [6.45, 7) is -0.0771. The van der Waals surface area contributed by atoms with E-state index in [-0.39, 0.29) is 23.7 Å². The number of nitrogens with one attached hydrogen (secondary N) is 2. The Morgan fingerprint density at radius 3 is 2.46 bits per heavy atom. The summed E-state index contributed by atoms with van der Waals surface area (Å²) in [7, 11) is 3.05. The molecule has 0 saturated heterocycles. The van der Waals surface area contributed by atoms with Crippen molar-refractivity contribution in [2.45, 2.75) is 6.54 Å². The Bertz CT molecular complexity index is 794. The zero-order chi connectivity index (χ0) is 19.1. The second kappa shape index (κ2) is 9.05. The van der Waals surface area contributed by atoms with E-state index in [9.17, 15) is 14.0 Å². The summed E-state index contributed by atoms with van der Waals surface area (Å²) in [5, 5.41) is 4.96.